The second-order valence-corrected chi connectivity index (χ2v) is 24.3. The number of hydrogen-bond donors (Lipinski definition) is 3. The molecule has 2 heterocycles. The molecule has 0 aliphatic heterocycles. The molecule has 10 fully saturated rings. The van der Waals surface area contributed by atoms with Crippen LogP contribution in [0.1, 0.15) is 130 Å². The van der Waals surface area contributed by atoms with Crippen molar-refractivity contribution in [1.29, 1.82) is 0 Å². The maximum Gasteiger partial charge on any atom is 0.161 e. The number of halogens is 3. The van der Waals surface area contributed by atoms with Gasteiger partial charge in [0.25, 0.3) is 0 Å². The Labute approximate surface area is 370 Å². The van der Waals surface area contributed by atoms with Crippen LogP contribution in [0.25, 0.3) is 0 Å². The first-order valence-corrected chi connectivity index (χ1v) is 25.5. The van der Waals surface area contributed by atoms with Crippen LogP contribution in [0.5, 0.6) is 0 Å². The average molecular weight is 910 g/mol. The third-order valence-electron chi connectivity index (χ3n) is 20.3. The maximum absolute atomic E-state index is 13.4. The Bertz CT molecular complexity index is 1950. The first-order chi connectivity index (χ1) is 29.0. The summed E-state index contributed by atoms with van der Waals surface area (Å²) in [6.07, 6.45) is 24.0. The highest BCUT2D eigenvalue weighted by atomic mass is 79.9. The lowest BCUT2D eigenvalue weighted by atomic mass is 9.48. The molecule has 0 spiro atoms. The lowest BCUT2D eigenvalue weighted by Crippen LogP contribution is -2.52. The highest BCUT2D eigenvalue weighted by Gasteiger charge is 2.72. The van der Waals surface area contributed by atoms with E-state index in [1.54, 1.807) is 0 Å². The van der Waals surface area contributed by atoms with E-state index in [9.17, 15) is 28.6 Å². The number of carbonyl (C=O) groups excluding carboxylic acids is 2. The monoisotopic (exact) mass is 908 g/mol. The van der Waals surface area contributed by atoms with Crippen molar-refractivity contribution in [2.45, 2.75) is 148 Å². The minimum atomic E-state index is -0.463. The summed E-state index contributed by atoms with van der Waals surface area (Å²) in [7, 11) is 0. The molecule has 3 N–H and O–H groups in total. The van der Waals surface area contributed by atoms with Gasteiger partial charge < -0.3 is 10.2 Å². The number of nitrogens with one attached hydrogen (secondary N) is 1. The normalized spacial score (nSPS) is 50.5. The first kappa shape index (κ1) is 42.9. The van der Waals surface area contributed by atoms with Gasteiger partial charge in [0, 0.05) is 11.8 Å². The number of aliphatic hydroxyl groups is 2. The van der Waals surface area contributed by atoms with E-state index in [1.165, 1.54) is 93.9 Å². The van der Waals surface area contributed by atoms with Gasteiger partial charge in [-0.05, 0) is 210 Å². The SMILES string of the molecule is C[C@@]1(O)CC[C@H]2[C@H](CC[C@@H]3[C@@H]2CC[C@@]2(C)[C@H]3[C@@H]3C[C@@H]3[C@@H]2C(=O)CBr)C1.C[C@@]1(O)CC[C@H]2[C@H](CC[C@@H]3[C@@H]2CC[C@@]2(C)[C@H]3[C@@H]3C[C@@H]3[C@@H]2C(=O)Cn2cc(F)cn2)C1.Fc1cn[nH]c1. The van der Waals surface area contributed by atoms with Crippen molar-refractivity contribution < 1.29 is 28.6 Å². The number of carbonyl (C=O) groups is 2. The van der Waals surface area contributed by atoms with Gasteiger partial charge in [-0.15, -0.1) is 0 Å². The maximum atomic E-state index is 13.4. The summed E-state index contributed by atoms with van der Waals surface area (Å²) in [4.78, 5) is 26.1. The van der Waals surface area contributed by atoms with Gasteiger partial charge in [-0.25, -0.2) is 8.78 Å². The summed E-state index contributed by atoms with van der Waals surface area (Å²) in [6.45, 7) is 9.18. The molecule has 10 saturated carbocycles. The molecule has 0 amide bonds. The zero-order chi connectivity index (χ0) is 42.8. The molecule has 2 aromatic heterocycles. The topological polar surface area (TPSA) is 121 Å². The molecular weight excluding hydrogens is 838 g/mol. The first-order valence-electron chi connectivity index (χ1n) is 24.4. The fourth-order valence-corrected chi connectivity index (χ4v) is 18.7. The van der Waals surface area contributed by atoms with Crippen LogP contribution in [-0.4, -0.2) is 58.3 Å². The molecule has 0 radical (unpaired) electrons. The number of hydrogen-bond acceptors (Lipinski definition) is 6. The molecular formula is C50H71BrF2N4O4. The third-order valence-corrected chi connectivity index (χ3v) is 20.8. The van der Waals surface area contributed by atoms with E-state index in [0.717, 1.165) is 97.5 Å². The Kier molecular flexibility index (Phi) is 11.0. The van der Waals surface area contributed by atoms with Crippen LogP contribution in [-0.2, 0) is 16.1 Å². The number of aromatic nitrogens is 4. The number of ketones is 2. The van der Waals surface area contributed by atoms with Crippen molar-refractivity contribution in [3.05, 3.63) is 36.4 Å². The molecule has 0 bridgehead atoms. The average Bonchev–Trinajstić information content (AvgIpc) is 3.96. The number of alkyl halides is 1. The van der Waals surface area contributed by atoms with E-state index in [0.29, 0.717) is 40.7 Å². The van der Waals surface area contributed by atoms with Crippen molar-refractivity contribution in [2.24, 2.45) is 106 Å². The summed E-state index contributed by atoms with van der Waals surface area (Å²) in [5, 5.41) is 31.3. The Hall–Kier alpha value is -1.98. The lowest BCUT2D eigenvalue weighted by Gasteiger charge is -2.57. The van der Waals surface area contributed by atoms with E-state index in [-0.39, 0.29) is 40.7 Å². The Balaban J connectivity index is 0.000000130. The van der Waals surface area contributed by atoms with Gasteiger partial charge in [-0.1, -0.05) is 29.8 Å². The van der Waals surface area contributed by atoms with Gasteiger partial charge in [0.1, 0.15) is 5.78 Å². The zero-order valence-corrected chi connectivity index (χ0v) is 38.5. The van der Waals surface area contributed by atoms with Crippen LogP contribution in [0.3, 0.4) is 0 Å². The molecule has 11 heteroatoms. The molecule has 20 atom stereocenters. The molecule has 10 aliphatic rings. The van der Waals surface area contributed by atoms with E-state index < -0.39 is 11.2 Å². The zero-order valence-electron chi connectivity index (χ0n) is 37.0. The second kappa shape index (κ2) is 15.6. The van der Waals surface area contributed by atoms with E-state index in [2.05, 4.69) is 52.0 Å². The number of nitrogens with zero attached hydrogens (tertiary/aromatic N) is 3. The minimum Gasteiger partial charge on any atom is -0.390 e. The highest BCUT2D eigenvalue weighted by Crippen LogP contribution is 2.76. The third kappa shape index (κ3) is 7.48. The minimum absolute atomic E-state index is 0.116. The van der Waals surface area contributed by atoms with Crippen LogP contribution < -0.4 is 0 Å². The molecule has 336 valence electrons. The summed E-state index contributed by atoms with van der Waals surface area (Å²) in [5.74, 6) is 11.3. The largest absolute Gasteiger partial charge is 0.390 e. The fraction of sp³-hybridized carbons (Fsp3) is 0.840. The molecule has 0 saturated heterocycles. The number of H-pyrrole nitrogens is 1. The molecule has 8 nitrogen and oxygen atoms in total. The van der Waals surface area contributed by atoms with Gasteiger partial charge in [0.2, 0.25) is 0 Å². The standard InChI is InChI=1S/C25H35FN2O2.C22H33BrO2.C3H3FN2/c1-24(30)7-5-16-14(10-24)3-4-18-17(16)6-8-25(2)22(18)19-9-20(19)23(25)21(29)13-28-12-15(26)11-27-28;1-21(25)7-5-13-12(10-21)3-4-15-14(13)6-8-22(2)19(15)16-9-17(16)20(22)18(24)11-23;4-3-1-5-6-2-3/h11-12,14,16-20,22-23,30H,3-10,13H2,1-2H3;12-17,19-20,25H,3-11H2,1-2H3;1-2H,(H,5,6)/t14-,16+,17-,18-,19-,20+,22-,23-,24-,25+;12-,13+,14-,15-,16-,17+,19-,20-,21-,22+;/m11./s1. The number of Topliss-reactive ketones (excluding diaryl/α,β-unsaturated/α-hetero) is 2. The molecule has 0 unspecified atom stereocenters. The van der Waals surface area contributed by atoms with E-state index >= 15 is 0 Å². The van der Waals surface area contributed by atoms with Crippen molar-refractivity contribution in [3.63, 3.8) is 0 Å². The predicted octanol–water partition coefficient (Wildman–Crippen LogP) is 9.84. The van der Waals surface area contributed by atoms with Crippen LogP contribution >= 0.6 is 15.9 Å². The van der Waals surface area contributed by atoms with E-state index in [4.69, 9.17) is 0 Å². The summed E-state index contributed by atoms with van der Waals surface area (Å²) in [6, 6.07) is 0. The quantitative estimate of drug-likeness (QED) is 0.257. The van der Waals surface area contributed by atoms with Crippen molar-refractivity contribution >= 4 is 27.5 Å². The van der Waals surface area contributed by atoms with Gasteiger partial charge in [-0.3, -0.25) is 19.4 Å². The number of aromatic amines is 1. The van der Waals surface area contributed by atoms with E-state index in [1.807, 2.05) is 6.92 Å². The van der Waals surface area contributed by atoms with Gasteiger partial charge >= 0.3 is 0 Å². The highest BCUT2D eigenvalue weighted by molar-refractivity contribution is 9.09. The summed E-state index contributed by atoms with van der Waals surface area (Å²) >= 11 is 3.46. The van der Waals surface area contributed by atoms with Crippen LogP contribution in [0, 0.1) is 117 Å². The summed E-state index contributed by atoms with van der Waals surface area (Å²) in [5.41, 5.74) is -0.480. The van der Waals surface area contributed by atoms with Gasteiger partial charge in [0.15, 0.2) is 17.4 Å². The molecule has 2 aromatic rings. The Morgan fingerprint density at radius 3 is 1.61 bits per heavy atom. The number of rotatable bonds is 5. The van der Waals surface area contributed by atoms with Gasteiger partial charge in [-0.2, -0.15) is 10.2 Å². The molecule has 61 heavy (non-hydrogen) atoms. The van der Waals surface area contributed by atoms with Crippen LogP contribution in [0.2, 0.25) is 0 Å². The smallest absolute Gasteiger partial charge is 0.161 e. The van der Waals surface area contributed by atoms with Crippen molar-refractivity contribution in [2.75, 3.05) is 5.33 Å². The van der Waals surface area contributed by atoms with Crippen molar-refractivity contribution in [3.8, 4) is 0 Å². The fourth-order valence-electron chi connectivity index (χ4n) is 18.3. The van der Waals surface area contributed by atoms with Crippen LogP contribution in [0.15, 0.2) is 24.8 Å². The Morgan fingerprint density at radius 1 is 0.672 bits per heavy atom. The predicted molar refractivity (Wildman–Crippen MR) is 232 cm³/mol. The van der Waals surface area contributed by atoms with Crippen LogP contribution in [0.4, 0.5) is 8.78 Å². The molecule has 10 aliphatic carbocycles. The number of fused-ring (bicyclic) bond motifs is 14. The Morgan fingerprint density at radius 2 is 1.18 bits per heavy atom. The molecule has 0 aromatic carbocycles. The molecule has 12 rings (SSSR count). The lowest BCUT2D eigenvalue weighted by molar-refractivity contribution is -0.136. The summed E-state index contributed by atoms with van der Waals surface area (Å²) < 4.78 is 26.4. The second-order valence-electron chi connectivity index (χ2n) is 23.7. The van der Waals surface area contributed by atoms with Gasteiger partial charge in [0.05, 0.1) is 47.9 Å². The van der Waals surface area contributed by atoms with Crippen molar-refractivity contribution in [1.82, 2.24) is 20.0 Å².